The second kappa shape index (κ2) is 13.5. The molecule has 2 rings (SSSR count). The molecule has 0 N–H and O–H groups in total. The summed E-state index contributed by atoms with van der Waals surface area (Å²) in [5.41, 5.74) is 1.32. The maximum absolute atomic E-state index is 5.20. The van der Waals surface area contributed by atoms with Gasteiger partial charge in [0, 0.05) is 26.7 Å². The van der Waals surface area contributed by atoms with E-state index in [-0.39, 0.29) is 0 Å². The second-order valence-corrected chi connectivity index (χ2v) is 4.10. The lowest BCUT2D eigenvalue weighted by molar-refractivity contribution is 0.0263. The Kier molecular flexibility index (Phi) is 12.9. The number of ether oxygens (including phenoxy) is 2. The molecule has 0 bridgehead atoms. The molecule has 0 atom stereocenters. The molecule has 0 amide bonds. The minimum atomic E-state index is 0.833. The summed E-state index contributed by atoms with van der Waals surface area (Å²) >= 11 is 0. The van der Waals surface area contributed by atoms with Gasteiger partial charge < -0.3 is 9.47 Å². The number of methoxy groups -OCH3 is 1. The Bertz CT molecular complexity index is 271. The minimum Gasteiger partial charge on any atom is -0.383 e. The molecule has 3 nitrogen and oxygen atoms in total. The van der Waals surface area contributed by atoms with Crippen molar-refractivity contribution in [1.82, 2.24) is 4.90 Å². The Balaban J connectivity index is 0.000000316. The molecule has 0 aliphatic carbocycles. The SMILES string of the molecule is CC.COCCN1CCOCC1.Cc1ccccc1. The van der Waals surface area contributed by atoms with Crippen LogP contribution in [0, 0.1) is 6.92 Å². The van der Waals surface area contributed by atoms with Crippen molar-refractivity contribution in [1.29, 1.82) is 0 Å². The second-order valence-electron chi connectivity index (χ2n) is 4.10. The van der Waals surface area contributed by atoms with Crippen LogP contribution in [0.25, 0.3) is 0 Å². The summed E-state index contributed by atoms with van der Waals surface area (Å²) in [4.78, 5) is 2.35. The smallest absolute Gasteiger partial charge is 0.0594 e. The molecule has 0 unspecified atom stereocenters. The van der Waals surface area contributed by atoms with Crippen LogP contribution in [0.3, 0.4) is 0 Å². The first kappa shape index (κ1) is 18.1. The van der Waals surface area contributed by atoms with Gasteiger partial charge >= 0.3 is 0 Å². The normalized spacial score (nSPS) is 14.7. The van der Waals surface area contributed by atoms with E-state index in [1.165, 1.54) is 5.56 Å². The number of morpholine rings is 1. The Labute approximate surface area is 118 Å². The summed E-state index contributed by atoms with van der Waals surface area (Å²) in [5.74, 6) is 0. The molecule has 1 aliphatic heterocycles. The van der Waals surface area contributed by atoms with Gasteiger partial charge in [0.2, 0.25) is 0 Å². The van der Waals surface area contributed by atoms with Gasteiger partial charge in [-0.1, -0.05) is 49.7 Å². The Morgan fingerprint density at radius 2 is 1.68 bits per heavy atom. The van der Waals surface area contributed by atoms with Crippen molar-refractivity contribution < 1.29 is 9.47 Å². The van der Waals surface area contributed by atoms with Gasteiger partial charge in [-0.25, -0.2) is 0 Å². The Morgan fingerprint density at radius 3 is 2.11 bits per heavy atom. The van der Waals surface area contributed by atoms with Gasteiger partial charge in [0.05, 0.1) is 19.8 Å². The van der Waals surface area contributed by atoms with E-state index in [4.69, 9.17) is 9.47 Å². The van der Waals surface area contributed by atoms with Crippen LogP contribution in [0.2, 0.25) is 0 Å². The molecular formula is C16H29NO2. The maximum Gasteiger partial charge on any atom is 0.0594 e. The highest BCUT2D eigenvalue weighted by Crippen LogP contribution is 1.95. The number of hydrogen-bond donors (Lipinski definition) is 0. The standard InChI is InChI=1S/C7H15NO2.C7H8.C2H6/c1-9-5-2-8-3-6-10-7-4-8;1-7-5-3-2-4-6-7;1-2/h2-7H2,1H3;2-6H,1H3;1-2H3. The zero-order valence-corrected chi connectivity index (χ0v) is 12.9. The molecule has 1 aliphatic rings. The summed E-state index contributed by atoms with van der Waals surface area (Å²) in [6.45, 7) is 11.8. The van der Waals surface area contributed by atoms with Gasteiger partial charge in [-0.2, -0.15) is 0 Å². The number of aryl methyl sites for hydroxylation is 1. The molecule has 0 saturated carbocycles. The van der Waals surface area contributed by atoms with Crippen LogP contribution in [0.4, 0.5) is 0 Å². The zero-order chi connectivity index (χ0) is 14.3. The van der Waals surface area contributed by atoms with Crippen molar-refractivity contribution in [2.75, 3.05) is 46.6 Å². The summed E-state index contributed by atoms with van der Waals surface area (Å²) in [5, 5.41) is 0. The first-order valence-electron chi connectivity index (χ1n) is 7.13. The number of benzene rings is 1. The summed E-state index contributed by atoms with van der Waals surface area (Å²) in [7, 11) is 1.74. The first-order chi connectivity index (χ1) is 9.33. The highest BCUT2D eigenvalue weighted by Gasteiger charge is 2.08. The molecule has 1 saturated heterocycles. The predicted octanol–water partition coefficient (Wildman–Crippen LogP) is 2.99. The molecule has 1 aromatic rings. The molecule has 1 aromatic carbocycles. The highest BCUT2D eigenvalue weighted by molar-refractivity contribution is 5.11. The van der Waals surface area contributed by atoms with Gasteiger partial charge in [0.1, 0.15) is 0 Å². The highest BCUT2D eigenvalue weighted by atomic mass is 16.5. The van der Waals surface area contributed by atoms with E-state index in [1.807, 2.05) is 32.0 Å². The van der Waals surface area contributed by atoms with E-state index in [9.17, 15) is 0 Å². The maximum atomic E-state index is 5.20. The van der Waals surface area contributed by atoms with Gasteiger partial charge in [-0.3, -0.25) is 4.90 Å². The number of rotatable bonds is 3. The average molecular weight is 267 g/mol. The van der Waals surface area contributed by atoms with E-state index >= 15 is 0 Å². The van der Waals surface area contributed by atoms with Crippen molar-refractivity contribution >= 4 is 0 Å². The van der Waals surface area contributed by atoms with E-state index in [2.05, 4.69) is 24.0 Å². The predicted molar refractivity (Wildman–Crippen MR) is 81.7 cm³/mol. The van der Waals surface area contributed by atoms with Gasteiger partial charge in [0.25, 0.3) is 0 Å². The van der Waals surface area contributed by atoms with E-state index in [0.717, 1.165) is 39.5 Å². The van der Waals surface area contributed by atoms with Crippen LogP contribution >= 0.6 is 0 Å². The quantitative estimate of drug-likeness (QED) is 0.840. The van der Waals surface area contributed by atoms with Crippen LogP contribution in [-0.4, -0.2) is 51.5 Å². The summed E-state index contributed by atoms with van der Waals surface area (Å²) in [6.07, 6.45) is 0. The molecule has 1 fully saturated rings. The Hall–Kier alpha value is -0.900. The van der Waals surface area contributed by atoms with E-state index in [0.29, 0.717) is 0 Å². The molecule has 110 valence electrons. The molecule has 0 aromatic heterocycles. The Morgan fingerprint density at radius 1 is 1.11 bits per heavy atom. The van der Waals surface area contributed by atoms with Crippen LogP contribution < -0.4 is 0 Å². The molecule has 19 heavy (non-hydrogen) atoms. The third kappa shape index (κ3) is 10.7. The lowest BCUT2D eigenvalue weighted by Crippen LogP contribution is -2.38. The van der Waals surface area contributed by atoms with Gasteiger partial charge in [-0.15, -0.1) is 0 Å². The topological polar surface area (TPSA) is 21.7 Å². The van der Waals surface area contributed by atoms with Crippen LogP contribution in [0.1, 0.15) is 19.4 Å². The summed E-state index contributed by atoms with van der Waals surface area (Å²) < 4.78 is 10.2. The number of nitrogens with zero attached hydrogens (tertiary/aromatic N) is 1. The first-order valence-corrected chi connectivity index (χ1v) is 7.13. The van der Waals surface area contributed by atoms with E-state index in [1.54, 1.807) is 7.11 Å². The summed E-state index contributed by atoms with van der Waals surface area (Å²) in [6, 6.07) is 10.3. The molecule has 0 spiro atoms. The van der Waals surface area contributed by atoms with Crippen molar-refractivity contribution in [3.05, 3.63) is 35.9 Å². The van der Waals surface area contributed by atoms with Crippen molar-refractivity contribution in [2.45, 2.75) is 20.8 Å². The molecule has 0 radical (unpaired) electrons. The fraction of sp³-hybridized carbons (Fsp3) is 0.625. The number of hydrogen-bond acceptors (Lipinski definition) is 3. The molecule has 1 heterocycles. The van der Waals surface area contributed by atoms with Crippen molar-refractivity contribution in [3.63, 3.8) is 0 Å². The fourth-order valence-corrected chi connectivity index (χ4v) is 1.58. The minimum absolute atomic E-state index is 0.833. The van der Waals surface area contributed by atoms with Crippen molar-refractivity contribution in [2.24, 2.45) is 0 Å². The largest absolute Gasteiger partial charge is 0.383 e. The monoisotopic (exact) mass is 267 g/mol. The molecular weight excluding hydrogens is 238 g/mol. The van der Waals surface area contributed by atoms with Crippen LogP contribution in [0.5, 0.6) is 0 Å². The van der Waals surface area contributed by atoms with Crippen LogP contribution in [0.15, 0.2) is 30.3 Å². The lowest BCUT2D eigenvalue weighted by Gasteiger charge is -2.25. The fourth-order valence-electron chi connectivity index (χ4n) is 1.58. The van der Waals surface area contributed by atoms with Crippen LogP contribution in [-0.2, 0) is 9.47 Å². The average Bonchev–Trinajstić information content (AvgIpc) is 2.50. The third-order valence-corrected chi connectivity index (χ3v) is 2.66. The van der Waals surface area contributed by atoms with Gasteiger partial charge in [0.15, 0.2) is 0 Å². The third-order valence-electron chi connectivity index (χ3n) is 2.66. The zero-order valence-electron chi connectivity index (χ0n) is 12.9. The van der Waals surface area contributed by atoms with Gasteiger partial charge in [-0.05, 0) is 6.92 Å². The van der Waals surface area contributed by atoms with Crippen molar-refractivity contribution in [3.8, 4) is 0 Å². The van der Waals surface area contributed by atoms with E-state index < -0.39 is 0 Å². The lowest BCUT2D eigenvalue weighted by atomic mass is 10.2. The molecule has 3 heteroatoms.